The molecule has 0 bridgehead atoms. The molecular weight excluding hydrogens is 407 g/mol. The summed E-state index contributed by atoms with van der Waals surface area (Å²) in [5.41, 5.74) is 1.85. The van der Waals surface area contributed by atoms with Gasteiger partial charge in [0.25, 0.3) is 0 Å². The largest absolute Gasteiger partial charge is 0.493 e. The Labute approximate surface area is 176 Å². The summed E-state index contributed by atoms with van der Waals surface area (Å²) in [6, 6.07) is 7.50. The van der Waals surface area contributed by atoms with Crippen molar-refractivity contribution < 1.29 is 23.8 Å². The number of amides is 1. The van der Waals surface area contributed by atoms with Gasteiger partial charge >= 0.3 is 0 Å². The molecule has 4 rings (SSSR count). The molecule has 1 amide bonds. The van der Waals surface area contributed by atoms with Gasteiger partial charge in [-0.05, 0) is 49.6 Å². The molecule has 2 N–H and O–H groups in total. The highest BCUT2D eigenvalue weighted by Crippen LogP contribution is 2.41. The fraction of sp³-hybridized carbons (Fsp3) is 0.286. The Bertz CT molecular complexity index is 1170. The van der Waals surface area contributed by atoms with E-state index < -0.39 is 5.82 Å². The smallest absolute Gasteiger partial charge is 0.238 e. The lowest BCUT2D eigenvalue weighted by Crippen LogP contribution is -2.27. The minimum absolute atomic E-state index is 0.0209. The van der Waals surface area contributed by atoms with Crippen molar-refractivity contribution >= 4 is 28.2 Å². The van der Waals surface area contributed by atoms with Crippen molar-refractivity contribution in [1.29, 1.82) is 0 Å². The summed E-state index contributed by atoms with van der Waals surface area (Å²) in [4.78, 5) is 25.2. The normalized spacial score (nSPS) is 13.2. The summed E-state index contributed by atoms with van der Waals surface area (Å²) in [5, 5.41) is 16.8. The molecule has 2 aromatic carbocycles. The highest BCUT2D eigenvalue weighted by Gasteiger charge is 2.22. The van der Waals surface area contributed by atoms with E-state index in [9.17, 15) is 19.2 Å². The summed E-state index contributed by atoms with van der Waals surface area (Å²) < 4.78 is 26.3. The number of halogens is 1. The molecule has 0 saturated carbocycles. The maximum absolute atomic E-state index is 14.2. The van der Waals surface area contributed by atoms with E-state index in [0.717, 1.165) is 0 Å². The van der Waals surface area contributed by atoms with Crippen molar-refractivity contribution in [3.05, 3.63) is 52.2 Å². The van der Waals surface area contributed by atoms with E-state index in [1.807, 2.05) is 0 Å². The molecular formula is C21H21FN4O5. The van der Waals surface area contributed by atoms with Crippen LogP contribution in [0.25, 0.3) is 10.9 Å². The third kappa shape index (κ3) is 4.07. The zero-order chi connectivity index (χ0) is 22.1. The van der Waals surface area contributed by atoms with Crippen LogP contribution in [0.3, 0.4) is 0 Å². The fourth-order valence-electron chi connectivity index (χ4n) is 3.68. The van der Waals surface area contributed by atoms with Gasteiger partial charge in [0.15, 0.2) is 12.5 Å². The molecule has 162 valence electrons. The number of likely N-dealkylation sites (N-methyl/N-ethyl adjacent to an activating group) is 1. The van der Waals surface area contributed by atoms with E-state index >= 15 is 0 Å². The Morgan fingerprint density at radius 2 is 2.13 bits per heavy atom. The summed E-state index contributed by atoms with van der Waals surface area (Å²) in [5.74, 6) is -0.561. The summed E-state index contributed by atoms with van der Waals surface area (Å²) >= 11 is 0. The van der Waals surface area contributed by atoms with Crippen LogP contribution in [0.5, 0.6) is 11.6 Å². The number of aromatic hydroxyl groups is 1. The Morgan fingerprint density at radius 3 is 2.87 bits per heavy atom. The van der Waals surface area contributed by atoms with Crippen LogP contribution in [-0.4, -0.2) is 47.9 Å². The van der Waals surface area contributed by atoms with Gasteiger partial charge in [0.1, 0.15) is 11.6 Å². The second kappa shape index (κ2) is 8.32. The lowest BCUT2D eigenvalue weighted by atomic mass is 10.1. The first-order valence-electron chi connectivity index (χ1n) is 9.52. The summed E-state index contributed by atoms with van der Waals surface area (Å²) in [7, 11) is 3.56. The van der Waals surface area contributed by atoms with Crippen molar-refractivity contribution in [2.24, 2.45) is 5.18 Å². The molecule has 0 spiro atoms. The number of nitrogens with zero attached hydrogens (tertiary/aromatic N) is 3. The van der Waals surface area contributed by atoms with Gasteiger partial charge in [-0.3, -0.25) is 4.79 Å². The van der Waals surface area contributed by atoms with Gasteiger partial charge < -0.3 is 29.4 Å². The highest BCUT2D eigenvalue weighted by molar-refractivity contribution is 5.99. The van der Waals surface area contributed by atoms with Crippen LogP contribution in [0.1, 0.15) is 11.1 Å². The number of aromatic nitrogens is 1. The molecule has 0 saturated heterocycles. The molecule has 1 aliphatic heterocycles. The quantitative estimate of drug-likeness (QED) is 0.584. The molecule has 0 unspecified atom stereocenters. The van der Waals surface area contributed by atoms with Crippen molar-refractivity contribution in [3.63, 3.8) is 0 Å². The van der Waals surface area contributed by atoms with Crippen molar-refractivity contribution in [1.82, 2.24) is 9.47 Å². The number of hydrogen-bond acceptors (Lipinski definition) is 7. The number of nitrogens with one attached hydrogen (secondary N) is 1. The van der Waals surface area contributed by atoms with E-state index in [-0.39, 0.29) is 44.0 Å². The first-order valence-corrected chi connectivity index (χ1v) is 9.52. The molecule has 3 aromatic rings. The van der Waals surface area contributed by atoms with Crippen LogP contribution >= 0.6 is 0 Å². The van der Waals surface area contributed by atoms with Crippen LogP contribution in [-0.2, 0) is 22.7 Å². The van der Waals surface area contributed by atoms with E-state index in [2.05, 4.69) is 10.5 Å². The lowest BCUT2D eigenvalue weighted by Gasteiger charge is -2.21. The average molecular weight is 428 g/mol. The molecule has 2 heterocycles. The average Bonchev–Trinajstić information content (AvgIpc) is 2.97. The van der Waals surface area contributed by atoms with Crippen molar-refractivity contribution in [2.75, 3.05) is 32.7 Å². The zero-order valence-corrected chi connectivity index (χ0v) is 17.0. The maximum atomic E-state index is 14.2. The van der Waals surface area contributed by atoms with Gasteiger partial charge in [0, 0.05) is 22.2 Å². The van der Waals surface area contributed by atoms with E-state index in [0.29, 0.717) is 33.5 Å². The standard InChI is InChI=1S/C21H21FN4O5/c1-25(2)9-18(27)23-15-3-4-16-17(7-15)26(21(28)19(16)24-29)8-12-5-14(22)6-13-10-30-11-31-20(12)13/h3-7,28H,8-11H2,1-2H3,(H,23,27). The third-order valence-corrected chi connectivity index (χ3v) is 4.93. The number of ether oxygens (including phenoxy) is 2. The number of anilines is 1. The SMILES string of the molecule is CN(C)CC(=O)Nc1ccc2c(N=O)c(O)n(Cc3cc(F)cc4c3OCOC4)c2c1. The number of fused-ring (bicyclic) bond motifs is 2. The van der Waals surface area contributed by atoms with Gasteiger partial charge in [-0.25, -0.2) is 4.39 Å². The minimum Gasteiger partial charge on any atom is -0.493 e. The topological polar surface area (TPSA) is 105 Å². The predicted molar refractivity (Wildman–Crippen MR) is 112 cm³/mol. The first kappa shape index (κ1) is 20.8. The van der Waals surface area contributed by atoms with Gasteiger partial charge in [0.2, 0.25) is 11.8 Å². The number of nitroso groups, excluding NO2 is 1. The van der Waals surface area contributed by atoms with Crippen LogP contribution < -0.4 is 10.1 Å². The Kier molecular flexibility index (Phi) is 5.57. The molecule has 1 aromatic heterocycles. The van der Waals surface area contributed by atoms with Gasteiger partial charge in [-0.15, -0.1) is 4.91 Å². The molecule has 9 nitrogen and oxygen atoms in total. The van der Waals surface area contributed by atoms with Crippen LogP contribution in [0.2, 0.25) is 0 Å². The van der Waals surface area contributed by atoms with Crippen LogP contribution in [0.15, 0.2) is 35.5 Å². The van der Waals surface area contributed by atoms with E-state index in [4.69, 9.17) is 9.47 Å². The molecule has 31 heavy (non-hydrogen) atoms. The van der Waals surface area contributed by atoms with E-state index in [1.165, 1.54) is 16.7 Å². The monoisotopic (exact) mass is 428 g/mol. The third-order valence-electron chi connectivity index (χ3n) is 4.93. The summed E-state index contributed by atoms with van der Waals surface area (Å²) in [6.07, 6.45) is 0. The Balaban J connectivity index is 1.77. The van der Waals surface area contributed by atoms with Crippen molar-refractivity contribution in [2.45, 2.75) is 13.2 Å². The van der Waals surface area contributed by atoms with Crippen LogP contribution in [0.4, 0.5) is 15.8 Å². The molecule has 0 fully saturated rings. The number of carbonyl (C=O) groups is 1. The Morgan fingerprint density at radius 1 is 1.32 bits per heavy atom. The van der Waals surface area contributed by atoms with Crippen molar-refractivity contribution in [3.8, 4) is 11.6 Å². The fourth-order valence-corrected chi connectivity index (χ4v) is 3.68. The van der Waals surface area contributed by atoms with Gasteiger partial charge in [0.05, 0.1) is 25.2 Å². The molecule has 10 heteroatoms. The second-order valence-electron chi connectivity index (χ2n) is 7.53. The number of hydrogen-bond donors (Lipinski definition) is 2. The zero-order valence-electron chi connectivity index (χ0n) is 17.0. The molecule has 0 aliphatic carbocycles. The predicted octanol–water partition coefficient (Wildman–Crippen LogP) is 3.30. The number of benzene rings is 2. The minimum atomic E-state index is -0.468. The van der Waals surface area contributed by atoms with E-state index in [1.54, 1.807) is 37.2 Å². The molecule has 0 radical (unpaired) electrons. The van der Waals surface area contributed by atoms with Crippen LogP contribution in [0, 0.1) is 10.7 Å². The number of carbonyl (C=O) groups excluding carboxylic acids is 1. The highest BCUT2D eigenvalue weighted by atomic mass is 19.1. The second-order valence-corrected chi connectivity index (χ2v) is 7.53. The first-order chi connectivity index (χ1) is 14.9. The lowest BCUT2D eigenvalue weighted by molar-refractivity contribution is -0.116. The Hall–Kier alpha value is -3.50. The van der Waals surface area contributed by atoms with Gasteiger partial charge in [-0.1, -0.05) is 0 Å². The molecule has 1 aliphatic rings. The number of rotatable bonds is 6. The van der Waals surface area contributed by atoms with Gasteiger partial charge in [-0.2, -0.15) is 0 Å². The summed E-state index contributed by atoms with van der Waals surface area (Å²) in [6.45, 7) is 0.461. The maximum Gasteiger partial charge on any atom is 0.238 e. The molecule has 0 atom stereocenters.